The lowest BCUT2D eigenvalue weighted by Crippen LogP contribution is -2.27. The highest BCUT2D eigenvalue weighted by Crippen LogP contribution is 2.40. The number of hydrogen-bond donors (Lipinski definition) is 1. The van der Waals surface area contributed by atoms with Crippen LogP contribution in [-0.4, -0.2) is 5.11 Å². The zero-order chi connectivity index (χ0) is 16.1. The molecule has 0 bridgehead atoms. The number of hydrogen-bond acceptors (Lipinski definition) is 2. The average molecular weight is 304 g/mol. The molecule has 1 aromatic heterocycles. The minimum atomic E-state index is -1.18. The molecule has 2 aromatic carbocycles. The molecule has 0 aliphatic heterocycles. The SMILES string of the molecule is C=CCCC(O)(c1ccccc1)c1occc1-c1ccccc1. The van der Waals surface area contributed by atoms with Crippen molar-refractivity contribution in [2.24, 2.45) is 0 Å². The fraction of sp³-hybridized carbons (Fsp3) is 0.143. The maximum absolute atomic E-state index is 11.5. The summed E-state index contributed by atoms with van der Waals surface area (Å²) in [6.45, 7) is 3.78. The minimum absolute atomic E-state index is 0.522. The van der Waals surface area contributed by atoms with Gasteiger partial charge in [0.2, 0.25) is 0 Å². The summed E-state index contributed by atoms with van der Waals surface area (Å²) < 4.78 is 5.75. The lowest BCUT2D eigenvalue weighted by atomic mass is 9.84. The summed E-state index contributed by atoms with van der Waals surface area (Å²) in [4.78, 5) is 0. The first-order valence-electron chi connectivity index (χ1n) is 7.78. The lowest BCUT2D eigenvalue weighted by Gasteiger charge is -2.27. The van der Waals surface area contributed by atoms with E-state index in [4.69, 9.17) is 4.42 Å². The van der Waals surface area contributed by atoms with Gasteiger partial charge in [-0.15, -0.1) is 6.58 Å². The summed E-state index contributed by atoms with van der Waals surface area (Å²) >= 11 is 0. The molecule has 23 heavy (non-hydrogen) atoms. The molecule has 1 heterocycles. The average Bonchev–Trinajstić information content (AvgIpc) is 3.11. The molecule has 0 aliphatic carbocycles. The van der Waals surface area contributed by atoms with Crippen LogP contribution in [0.3, 0.4) is 0 Å². The van der Waals surface area contributed by atoms with E-state index in [1.807, 2.05) is 72.8 Å². The molecule has 116 valence electrons. The van der Waals surface area contributed by atoms with Crippen LogP contribution < -0.4 is 0 Å². The van der Waals surface area contributed by atoms with Gasteiger partial charge in [0.1, 0.15) is 11.4 Å². The monoisotopic (exact) mass is 304 g/mol. The van der Waals surface area contributed by atoms with Gasteiger partial charge in [0, 0.05) is 5.56 Å². The van der Waals surface area contributed by atoms with Crippen molar-refractivity contribution in [3.8, 4) is 11.1 Å². The summed E-state index contributed by atoms with van der Waals surface area (Å²) in [7, 11) is 0. The van der Waals surface area contributed by atoms with Gasteiger partial charge in [0.15, 0.2) is 0 Å². The van der Waals surface area contributed by atoms with Gasteiger partial charge in [0.05, 0.1) is 6.26 Å². The van der Waals surface area contributed by atoms with Gasteiger partial charge >= 0.3 is 0 Å². The second-order valence-electron chi connectivity index (χ2n) is 5.58. The van der Waals surface area contributed by atoms with Crippen LogP contribution in [0.25, 0.3) is 11.1 Å². The predicted molar refractivity (Wildman–Crippen MR) is 93.0 cm³/mol. The van der Waals surface area contributed by atoms with Crippen molar-refractivity contribution in [1.29, 1.82) is 0 Å². The molecule has 3 aromatic rings. The second kappa shape index (κ2) is 6.67. The minimum Gasteiger partial charge on any atom is -0.465 e. The topological polar surface area (TPSA) is 33.4 Å². The fourth-order valence-corrected chi connectivity index (χ4v) is 2.89. The number of rotatable bonds is 6. The predicted octanol–water partition coefficient (Wildman–Crippen LogP) is 5.15. The van der Waals surface area contributed by atoms with Crippen LogP contribution in [0.1, 0.15) is 24.2 Å². The van der Waals surface area contributed by atoms with Crippen molar-refractivity contribution in [3.05, 3.63) is 97.0 Å². The highest BCUT2D eigenvalue weighted by molar-refractivity contribution is 5.67. The zero-order valence-corrected chi connectivity index (χ0v) is 13.0. The van der Waals surface area contributed by atoms with Crippen LogP contribution in [0.5, 0.6) is 0 Å². The molecule has 1 atom stereocenters. The third-order valence-electron chi connectivity index (χ3n) is 4.09. The van der Waals surface area contributed by atoms with E-state index in [0.29, 0.717) is 18.6 Å². The standard InChI is InChI=1S/C21H20O2/c1-2-3-15-21(22,18-12-8-5-9-13-18)20-19(14-16-23-20)17-10-6-4-7-11-17/h2,4-14,16,22H,1,3,15H2. The third kappa shape index (κ3) is 2.99. The molecule has 0 radical (unpaired) electrons. The number of aliphatic hydroxyl groups is 1. The van der Waals surface area contributed by atoms with E-state index in [2.05, 4.69) is 6.58 Å². The van der Waals surface area contributed by atoms with E-state index in [0.717, 1.165) is 16.7 Å². The summed E-state index contributed by atoms with van der Waals surface area (Å²) in [6.07, 6.45) is 4.67. The fourth-order valence-electron chi connectivity index (χ4n) is 2.89. The molecule has 2 nitrogen and oxygen atoms in total. The highest BCUT2D eigenvalue weighted by Gasteiger charge is 2.36. The van der Waals surface area contributed by atoms with Crippen LogP contribution >= 0.6 is 0 Å². The van der Waals surface area contributed by atoms with Crippen molar-refractivity contribution in [2.45, 2.75) is 18.4 Å². The molecule has 0 saturated heterocycles. The Labute approximate surface area is 136 Å². The highest BCUT2D eigenvalue weighted by atomic mass is 16.4. The molecular weight excluding hydrogens is 284 g/mol. The number of furan rings is 1. The Hall–Kier alpha value is -2.58. The number of benzene rings is 2. The van der Waals surface area contributed by atoms with Crippen molar-refractivity contribution in [1.82, 2.24) is 0 Å². The van der Waals surface area contributed by atoms with Crippen molar-refractivity contribution in [3.63, 3.8) is 0 Å². The lowest BCUT2D eigenvalue weighted by molar-refractivity contribution is 0.0494. The maximum Gasteiger partial charge on any atom is 0.148 e. The van der Waals surface area contributed by atoms with E-state index in [9.17, 15) is 5.11 Å². The Kier molecular flexibility index (Phi) is 4.45. The van der Waals surface area contributed by atoms with Gasteiger partial charge in [0.25, 0.3) is 0 Å². The summed E-state index contributed by atoms with van der Waals surface area (Å²) in [5.41, 5.74) is 1.60. The van der Waals surface area contributed by atoms with Crippen LogP contribution in [0, 0.1) is 0 Å². The largest absolute Gasteiger partial charge is 0.465 e. The smallest absolute Gasteiger partial charge is 0.148 e. The molecule has 3 rings (SSSR count). The van der Waals surface area contributed by atoms with Gasteiger partial charge in [-0.2, -0.15) is 0 Å². The molecule has 1 unspecified atom stereocenters. The molecule has 1 N–H and O–H groups in total. The second-order valence-corrected chi connectivity index (χ2v) is 5.58. The summed E-state index contributed by atoms with van der Waals surface area (Å²) in [5.74, 6) is 0.580. The molecule has 2 heteroatoms. The van der Waals surface area contributed by atoms with Crippen molar-refractivity contribution < 1.29 is 9.52 Å². The van der Waals surface area contributed by atoms with Crippen LogP contribution in [0.4, 0.5) is 0 Å². The Bertz CT molecular complexity index is 759. The molecule has 0 saturated carbocycles. The van der Waals surface area contributed by atoms with E-state index in [1.54, 1.807) is 6.26 Å². The van der Waals surface area contributed by atoms with E-state index in [-0.39, 0.29) is 0 Å². The molecule has 0 amide bonds. The van der Waals surface area contributed by atoms with E-state index in [1.165, 1.54) is 0 Å². The first-order valence-corrected chi connectivity index (χ1v) is 7.78. The van der Waals surface area contributed by atoms with Gasteiger partial charge < -0.3 is 9.52 Å². The number of allylic oxidation sites excluding steroid dienone is 1. The summed E-state index contributed by atoms with van der Waals surface area (Å²) in [5, 5.41) is 11.5. The Morgan fingerprint density at radius 1 is 0.957 bits per heavy atom. The summed E-state index contributed by atoms with van der Waals surface area (Å²) in [6, 6.07) is 21.6. The van der Waals surface area contributed by atoms with E-state index >= 15 is 0 Å². The van der Waals surface area contributed by atoms with Crippen LogP contribution in [0.15, 0.2) is 90.1 Å². The quantitative estimate of drug-likeness (QED) is 0.639. The van der Waals surface area contributed by atoms with E-state index < -0.39 is 5.60 Å². The third-order valence-corrected chi connectivity index (χ3v) is 4.09. The molecule has 0 spiro atoms. The first-order chi connectivity index (χ1) is 11.3. The molecule has 0 aliphatic rings. The first kappa shape index (κ1) is 15.3. The van der Waals surface area contributed by atoms with Gasteiger partial charge in [-0.25, -0.2) is 0 Å². The van der Waals surface area contributed by atoms with Gasteiger partial charge in [-0.1, -0.05) is 66.7 Å². The van der Waals surface area contributed by atoms with Crippen molar-refractivity contribution >= 4 is 0 Å². The molecule has 0 fully saturated rings. The Morgan fingerprint density at radius 3 is 2.26 bits per heavy atom. The van der Waals surface area contributed by atoms with Crippen molar-refractivity contribution in [2.75, 3.05) is 0 Å². The molecular formula is C21H20O2. The Balaban J connectivity index is 2.12. The maximum atomic E-state index is 11.5. The van der Waals surface area contributed by atoms with Gasteiger partial charge in [-0.3, -0.25) is 0 Å². The van der Waals surface area contributed by atoms with Gasteiger partial charge in [-0.05, 0) is 30.0 Å². The Morgan fingerprint density at radius 2 is 1.61 bits per heavy atom. The zero-order valence-electron chi connectivity index (χ0n) is 13.0. The van der Waals surface area contributed by atoms with Crippen LogP contribution in [-0.2, 0) is 5.60 Å². The van der Waals surface area contributed by atoms with Crippen LogP contribution in [0.2, 0.25) is 0 Å². The normalized spacial score (nSPS) is 13.4.